The Labute approximate surface area is 84.0 Å². The molecule has 0 aliphatic carbocycles. The minimum absolute atomic E-state index is 0.604. The van der Waals surface area contributed by atoms with Gasteiger partial charge in [-0.3, -0.25) is 0 Å². The van der Waals surface area contributed by atoms with Gasteiger partial charge in [-0.2, -0.15) is 5.26 Å². The van der Waals surface area contributed by atoms with Crippen LogP contribution in [-0.4, -0.2) is 25.1 Å². The Hall–Kier alpha value is -1.60. The summed E-state index contributed by atoms with van der Waals surface area (Å²) < 4.78 is 0. The number of nitrogens with two attached hydrogens (primary N) is 1. The highest BCUT2D eigenvalue weighted by atomic mass is 15.2. The summed E-state index contributed by atoms with van der Waals surface area (Å²) in [5, 5.41) is 8.85. The van der Waals surface area contributed by atoms with Crippen molar-refractivity contribution in [1.82, 2.24) is 4.98 Å². The van der Waals surface area contributed by atoms with Gasteiger partial charge in [0.25, 0.3) is 0 Å². The maximum absolute atomic E-state index is 8.85. The van der Waals surface area contributed by atoms with Crippen LogP contribution in [0.2, 0.25) is 0 Å². The second-order valence-corrected chi connectivity index (χ2v) is 3.05. The molecule has 0 unspecified atom stereocenters. The van der Waals surface area contributed by atoms with E-state index in [2.05, 4.69) is 11.1 Å². The number of nitrogens with zero attached hydrogens (tertiary/aromatic N) is 3. The van der Waals surface area contributed by atoms with Gasteiger partial charge in [-0.05, 0) is 25.1 Å². The highest BCUT2D eigenvalue weighted by Crippen LogP contribution is 2.14. The molecular weight excluding hydrogens is 176 g/mol. The Morgan fingerprint density at radius 1 is 1.64 bits per heavy atom. The molecule has 74 valence electrons. The van der Waals surface area contributed by atoms with Gasteiger partial charge in [-0.15, -0.1) is 0 Å². The van der Waals surface area contributed by atoms with Gasteiger partial charge in [0.05, 0.1) is 5.56 Å². The first-order chi connectivity index (χ1) is 6.79. The third kappa shape index (κ3) is 2.44. The molecule has 0 aliphatic heterocycles. The summed E-state index contributed by atoms with van der Waals surface area (Å²) in [5.74, 6) is 0.725. The molecule has 1 rings (SSSR count). The SMILES string of the molecule is CN(CCCN)c1ncccc1C#N. The van der Waals surface area contributed by atoms with E-state index >= 15 is 0 Å². The molecule has 14 heavy (non-hydrogen) atoms. The number of nitriles is 1. The van der Waals surface area contributed by atoms with Crippen molar-refractivity contribution in [3.05, 3.63) is 23.9 Å². The molecule has 2 N–H and O–H groups in total. The summed E-state index contributed by atoms with van der Waals surface area (Å²) in [7, 11) is 1.92. The van der Waals surface area contributed by atoms with Gasteiger partial charge in [0.1, 0.15) is 11.9 Å². The summed E-state index contributed by atoms with van der Waals surface area (Å²) in [6.07, 6.45) is 2.59. The molecule has 4 nitrogen and oxygen atoms in total. The Kier molecular flexibility index (Phi) is 3.89. The van der Waals surface area contributed by atoms with Crippen LogP contribution in [0.3, 0.4) is 0 Å². The van der Waals surface area contributed by atoms with Crippen molar-refractivity contribution in [3.8, 4) is 6.07 Å². The molecule has 0 saturated heterocycles. The van der Waals surface area contributed by atoms with E-state index in [0.29, 0.717) is 12.1 Å². The van der Waals surface area contributed by atoms with E-state index in [-0.39, 0.29) is 0 Å². The predicted molar refractivity (Wildman–Crippen MR) is 55.9 cm³/mol. The molecule has 1 heterocycles. The molecule has 0 aromatic carbocycles. The minimum atomic E-state index is 0.604. The predicted octanol–water partition coefficient (Wildman–Crippen LogP) is 0.738. The van der Waals surface area contributed by atoms with E-state index in [1.807, 2.05) is 11.9 Å². The standard InChI is InChI=1S/C10H14N4/c1-14(7-3-5-11)10-9(8-12)4-2-6-13-10/h2,4,6H,3,5,7,11H2,1H3. The molecule has 0 atom stereocenters. The Balaban J connectivity index is 2.79. The van der Waals surface area contributed by atoms with Crippen LogP contribution in [0, 0.1) is 11.3 Å². The second kappa shape index (κ2) is 5.20. The zero-order valence-electron chi connectivity index (χ0n) is 8.27. The second-order valence-electron chi connectivity index (χ2n) is 3.05. The summed E-state index contributed by atoms with van der Waals surface area (Å²) >= 11 is 0. The number of hydrogen-bond donors (Lipinski definition) is 1. The molecule has 1 aromatic rings. The number of aromatic nitrogens is 1. The van der Waals surface area contributed by atoms with Crippen LogP contribution in [0.25, 0.3) is 0 Å². The van der Waals surface area contributed by atoms with Crippen molar-refractivity contribution in [2.75, 3.05) is 25.0 Å². The first-order valence-corrected chi connectivity index (χ1v) is 4.56. The van der Waals surface area contributed by atoms with Gasteiger partial charge >= 0.3 is 0 Å². The van der Waals surface area contributed by atoms with Gasteiger partial charge in [0.15, 0.2) is 0 Å². The van der Waals surface area contributed by atoms with Crippen molar-refractivity contribution in [2.45, 2.75) is 6.42 Å². The lowest BCUT2D eigenvalue weighted by atomic mass is 10.2. The third-order valence-corrected chi connectivity index (χ3v) is 1.97. The fraction of sp³-hybridized carbons (Fsp3) is 0.400. The van der Waals surface area contributed by atoms with Crippen molar-refractivity contribution >= 4 is 5.82 Å². The van der Waals surface area contributed by atoms with Gasteiger partial charge < -0.3 is 10.6 Å². The van der Waals surface area contributed by atoms with Crippen LogP contribution in [0.15, 0.2) is 18.3 Å². The van der Waals surface area contributed by atoms with Gasteiger partial charge in [0.2, 0.25) is 0 Å². The lowest BCUT2D eigenvalue weighted by Crippen LogP contribution is -2.22. The summed E-state index contributed by atoms with van der Waals surface area (Å²) in [6.45, 7) is 1.47. The van der Waals surface area contributed by atoms with Crippen LogP contribution in [0.4, 0.5) is 5.82 Å². The molecule has 0 radical (unpaired) electrons. The maximum Gasteiger partial charge on any atom is 0.146 e. The van der Waals surface area contributed by atoms with E-state index in [4.69, 9.17) is 11.0 Å². The Morgan fingerprint density at radius 2 is 2.43 bits per heavy atom. The molecule has 0 aliphatic rings. The molecule has 0 saturated carbocycles. The lowest BCUT2D eigenvalue weighted by Gasteiger charge is -2.18. The normalized spacial score (nSPS) is 9.50. The lowest BCUT2D eigenvalue weighted by molar-refractivity contribution is 0.786. The van der Waals surface area contributed by atoms with Crippen molar-refractivity contribution in [2.24, 2.45) is 5.73 Å². The third-order valence-electron chi connectivity index (χ3n) is 1.97. The number of pyridine rings is 1. The zero-order chi connectivity index (χ0) is 10.4. The molecule has 0 bridgehead atoms. The molecule has 1 aromatic heterocycles. The molecular formula is C10H14N4. The molecule has 0 amide bonds. The fourth-order valence-electron chi connectivity index (χ4n) is 1.22. The van der Waals surface area contributed by atoms with Gasteiger partial charge in [0, 0.05) is 19.8 Å². The minimum Gasteiger partial charge on any atom is -0.359 e. The van der Waals surface area contributed by atoms with Gasteiger partial charge in [-0.1, -0.05) is 0 Å². The van der Waals surface area contributed by atoms with Crippen molar-refractivity contribution < 1.29 is 0 Å². The fourth-order valence-corrected chi connectivity index (χ4v) is 1.22. The van der Waals surface area contributed by atoms with E-state index in [9.17, 15) is 0 Å². The number of anilines is 1. The topological polar surface area (TPSA) is 65.9 Å². The van der Waals surface area contributed by atoms with Crippen LogP contribution in [0.5, 0.6) is 0 Å². The zero-order valence-corrected chi connectivity index (χ0v) is 8.27. The summed E-state index contributed by atoms with van der Waals surface area (Å²) in [4.78, 5) is 6.11. The van der Waals surface area contributed by atoms with E-state index in [1.165, 1.54) is 0 Å². The first-order valence-electron chi connectivity index (χ1n) is 4.56. The van der Waals surface area contributed by atoms with Crippen LogP contribution >= 0.6 is 0 Å². The summed E-state index contributed by atoms with van der Waals surface area (Å²) in [6, 6.07) is 5.65. The average molecular weight is 190 g/mol. The highest BCUT2D eigenvalue weighted by Gasteiger charge is 2.06. The number of rotatable bonds is 4. The highest BCUT2D eigenvalue weighted by molar-refractivity contribution is 5.52. The van der Waals surface area contributed by atoms with Crippen molar-refractivity contribution in [3.63, 3.8) is 0 Å². The average Bonchev–Trinajstić information content (AvgIpc) is 2.25. The van der Waals surface area contributed by atoms with E-state index in [1.54, 1.807) is 18.3 Å². The maximum atomic E-state index is 8.85. The molecule has 0 spiro atoms. The van der Waals surface area contributed by atoms with E-state index < -0.39 is 0 Å². The van der Waals surface area contributed by atoms with E-state index in [0.717, 1.165) is 18.8 Å². The molecule has 4 heteroatoms. The first kappa shape index (κ1) is 10.5. The quantitative estimate of drug-likeness (QED) is 0.760. The number of hydrogen-bond acceptors (Lipinski definition) is 4. The van der Waals surface area contributed by atoms with Crippen LogP contribution in [-0.2, 0) is 0 Å². The monoisotopic (exact) mass is 190 g/mol. The smallest absolute Gasteiger partial charge is 0.146 e. The van der Waals surface area contributed by atoms with Crippen molar-refractivity contribution in [1.29, 1.82) is 5.26 Å². The van der Waals surface area contributed by atoms with Gasteiger partial charge in [-0.25, -0.2) is 4.98 Å². The van der Waals surface area contributed by atoms with Crippen LogP contribution in [0.1, 0.15) is 12.0 Å². The Morgan fingerprint density at radius 3 is 3.07 bits per heavy atom. The molecule has 0 fully saturated rings. The largest absolute Gasteiger partial charge is 0.359 e. The summed E-state index contributed by atoms with van der Waals surface area (Å²) in [5.41, 5.74) is 6.02. The van der Waals surface area contributed by atoms with Crippen LogP contribution < -0.4 is 10.6 Å². The Bertz CT molecular complexity index is 329.